The van der Waals surface area contributed by atoms with Crippen molar-refractivity contribution in [2.75, 3.05) is 37.6 Å². The average molecular weight is 402 g/mol. The first-order chi connectivity index (χ1) is 13.3. The minimum absolute atomic E-state index is 0.0620. The summed E-state index contributed by atoms with van der Waals surface area (Å²) in [5.41, 5.74) is 4.28. The van der Waals surface area contributed by atoms with Crippen molar-refractivity contribution in [3.05, 3.63) is 59.2 Å². The molecule has 0 spiro atoms. The van der Waals surface area contributed by atoms with Gasteiger partial charge in [0.15, 0.2) is 0 Å². The number of amides is 1. The fraction of sp³-hybridized carbons (Fsp3) is 0.381. The molecule has 1 fully saturated rings. The zero-order valence-corrected chi connectivity index (χ0v) is 17.4. The molecule has 0 atom stereocenters. The molecule has 1 heterocycles. The van der Waals surface area contributed by atoms with Crippen LogP contribution in [0.25, 0.3) is 0 Å². The SMILES string of the molecule is CCNS(=O)(=O)c1ccc(C(=O)N2CCN(c3cccc(C)c3C)CC2)cc1. The first-order valence-corrected chi connectivity index (χ1v) is 11.0. The van der Waals surface area contributed by atoms with Gasteiger partial charge in [-0.15, -0.1) is 0 Å². The van der Waals surface area contributed by atoms with Crippen molar-refractivity contribution in [3.63, 3.8) is 0 Å². The molecule has 150 valence electrons. The summed E-state index contributed by atoms with van der Waals surface area (Å²) in [6.45, 7) is 9.14. The Balaban J connectivity index is 1.66. The number of sulfonamides is 1. The molecule has 2 aromatic carbocycles. The maximum absolute atomic E-state index is 12.8. The van der Waals surface area contributed by atoms with Crippen molar-refractivity contribution >= 4 is 21.6 Å². The summed E-state index contributed by atoms with van der Waals surface area (Å²) in [7, 11) is -3.50. The Labute approximate surface area is 167 Å². The van der Waals surface area contributed by atoms with Crippen LogP contribution in [-0.4, -0.2) is 51.9 Å². The zero-order valence-electron chi connectivity index (χ0n) is 16.6. The van der Waals surface area contributed by atoms with Gasteiger partial charge in [0.25, 0.3) is 5.91 Å². The number of rotatable bonds is 5. The van der Waals surface area contributed by atoms with Crippen LogP contribution in [0.1, 0.15) is 28.4 Å². The number of piperazine rings is 1. The van der Waals surface area contributed by atoms with Gasteiger partial charge in [0.05, 0.1) is 4.90 Å². The van der Waals surface area contributed by atoms with Gasteiger partial charge in [-0.1, -0.05) is 19.1 Å². The third-order valence-corrected chi connectivity index (χ3v) is 6.79. The van der Waals surface area contributed by atoms with Crippen LogP contribution < -0.4 is 9.62 Å². The molecule has 7 heteroatoms. The molecule has 0 saturated carbocycles. The predicted molar refractivity (Wildman–Crippen MR) is 111 cm³/mol. The first-order valence-electron chi connectivity index (χ1n) is 9.53. The normalized spacial score (nSPS) is 15.0. The summed E-state index contributed by atoms with van der Waals surface area (Å²) in [5, 5.41) is 0. The van der Waals surface area contributed by atoms with E-state index in [2.05, 4.69) is 41.7 Å². The topological polar surface area (TPSA) is 69.7 Å². The van der Waals surface area contributed by atoms with Gasteiger partial charge in [-0.25, -0.2) is 13.1 Å². The molecule has 0 aromatic heterocycles. The highest BCUT2D eigenvalue weighted by Crippen LogP contribution is 2.24. The largest absolute Gasteiger partial charge is 0.368 e. The molecule has 1 N–H and O–H groups in total. The lowest BCUT2D eigenvalue weighted by Crippen LogP contribution is -2.49. The Morgan fingerprint density at radius 3 is 2.25 bits per heavy atom. The van der Waals surface area contributed by atoms with Gasteiger partial charge in [0.2, 0.25) is 10.0 Å². The highest BCUT2D eigenvalue weighted by atomic mass is 32.2. The fourth-order valence-corrected chi connectivity index (χ4v) is 4.50. The quantitative estimate of drug-likeness (QED) is 0.836. The molecule has 1 amide bonds. The van der Waals surface area contributed by atoms with Crippen molar-refractivity contribution in [2.45, 2.75) is 25.7 Å². The van der Waals surface area contributed by atoms with Gasteiger partial charge in [-0.3, -0.25) is 4.79 Å². The van der Waals surface area contributed by atoms with Gasteiger partial charge in [0, 0.05) is 44.0 Å². The molecule has 2 aromatic rings. The molecule has 0 radical (unpaired) electrons. The summed E-state index contributed by atoms with van der Waals surface area (Å²) in [5.74, 6) is -0.0620. The van der Waals surface area contributed by atoms with Crippen LogP contribution in [0.3, 0.4) is 0 Å². The van der Waals surface area contributed by atoms with Gasteiger partial charge in [-0.05, 0) is 55.3 Å². The molecule has 6 nitrogen and oxygen atoms in total. The highest BCUT2D eigenvalue weighted by Gasteiger charge is 2.23. The van der Waals surface area contributed by atoms with Gasteiger partial charge < -0.3 is 9.80 Å². The average Bonchev–Trinajstić information content (AvgIpc) is 2.70. The molecule has 1 aliphatic rings. The van der Waals surface area contributed by atoms with E-state index in [-0.39, 0.29) is 10.8 Å². The summed E-state index contributed by atoms with van der Waals surface area (Å²) in [6, 6.07) is 12.4. The Hall–Kier alpha value is -2.38. The van der Waals surface area contributed by atoms with Crippen molar-refractivity contribution in [1.82, 2.24) is 9.62 Å². The Kier molecular flexibility index (Phi) is 6.05. The lowest BCUT2D eigenvalue weighted by atomic mass is 10.1. The number of carbonyl (C=O) groups excluding carboxylic acids is 1. The number of hydrogen-bond donors (Lipinski definition) is 1. The zero-order chi connectivity index (χ0) is 20.3. The standard InChI is InChI=1S/C21H27N3O3S/c1-4-22-28(26,27)19-10-8-18(9-11-19)21(25)24-14-12-23(13-15-24)20-7-5-6-16(2)17(20)3/h5-11,22H,4,12-15H2,1-3H3. The van der Waals surface area contributed by atoms with Crippen LogP contribution in [0.15, 0.2) is 47.4 Å². The Bertz CT molecular complexity index is 947. The highest BCUT2D eigenvalue weighted by molar-refractivity contribution is 7.89. The molecule has 0 aliphatic carbocycles. The lowest BCUT2D eigenvalue weighted by molar-refractivity contribution is 0.0746. The van der Waals surface area contributed by atoms with Gasteiger partial charge in [-0.2, -0.15) is 0 Å². The maximum atomic E-state index is 12.8. The van der Waals surface area contributed by atoms with Crippen molar-refractivity contribution in [2.24, 2.45) is 0 Å². The Morgan fingerprint density at radius 2 is 1.64 bits per heavy atom. The third-order valence-electron chi connectivity index (χ3n) is 5.23. The number of nitrogens with zero attached hydrogens (tertiary/aromatic N) is 2. The number of benzene rings is 2. The molecule has 0 unspecified atom stereocenters. The van der Waals surface area contributed by atoms with Gasteiger partial charge >= 0.3 is 0 Å². The maximum Gasteiger partial charge on any atom is 0.253 e. The van der Waals surface area contributed by atoms with Crippen LogP contribution in [0.5, 0.6) is 0 Å². The summed E-state index contributed by atoms with van der Waals surface area (Å²) >= 11 is 0. The number of carbonyl (C=O) groups is 1. The van der Waals surface area contributed by atoms with Crippen LogP contribution in [0.4, 0.5) is 5.69 Å². The summed E-state index contributed by atoms with van der Waals surface area (Å²) in [6.07, 6.45) is 0. The molecule has 3 rings (SSSR count). The van der Waals surface area contributed by atoms with Gasteiger partial charge in [0.1, 0.15) is 0 Å². The van der Waals surface area contributed by atoms with E-state index < -0.39 is 10.0 Å². The second kappa shape index (κ2) is 8.32. The van der Waals surface area contributed by atoms with Crippen LogP contribution in [-0.2, 0) is 10.0 Å². The van der Waals surface area contributed by atoms with E-state index in [0.29, 0.717) is 25.2 Å². The number of hydrogen-bond acceptors (Lipinski definition) is 4. The van der Waals surface area contributed by atoms with Crippen LogP contribution in [0.2, 0.25) is 0 Å². The fourth-order valence-electron chi connectivity index (χ4n) is 3.46. The van der Waals surface area contributed by atoms with Crippen LogP contribution in [0, 0.1) is 13.8 Å². The van der Waals surface area contributed by atoms with Crippen LogP contribution >= 0.6 is 0 Å². The number of nitrogens with one attached hydrogen (secondary N) is 1. The molecule has 0 bridgehead atoms. The second-order valence-electron chi connectivity index (χ2n) is 7.02. The molecule has 28 heavy (non-hydrogen) atoms. The van der Waals surface area contributed by atoms with E-state index >= 15 is 0 Å². The minimum atomic E-state index is -3.50. The first kappa shape index (κ1) is 20.4. The molecular weight excluding hydrogens is 374 g/mol. The number of anilines is 1. The predicted octanol–water partition coefficient (Wildman–Crippen LogP) is 2.56. The summed E-state index contributed by atoms with van der Waals surface area (Å²) in [4.78, 5) is 17.1. The van der Waals surface area contributed by atoms with Crippen molar-refractivity contribution in [1.29, 1.82) is 0 Å². The monoisotopic (exact) mass is 401 g/mol. The van der Waals surface area contributed by atoms with E-state index in [0.717, 1.165) is 13.1 Å². The van der Waals surface area contributed by atoms with E-state index in [1.807, 2.05) is 4.90 Å². The number of aryl methyl sites for hydroxylation is 1. The third kappa shape index (κ3) is 4.20. The molecule has 1 saturated heterocycles. The molecule has 1 aliphatic heterocycles. The smallest absolute Gasteiger partial charge is 0.253 e. The Morgan fingerprint density at radius 1 is 1.00 bits per heavy atom. The second-order valence-corrected chi connectivity index (χ2v) is 8.79. The van der Waals surface area contributed by atoms with E-state index in [1.165, 1.54) is 28.9 Å². The van der Waals surface area contributed by atoms with E-state index in [9.17, 15) is 13.2 Å². The summed E-state index contributed by atoms with van der Waals surface area (Å²) < 4.78 is 26.5. The van der Waals surface area contributed by atoms with E-state index in [4.69, 9.17) is 0 Å². The van der Waals surface area contributed by atoms with E-state index in [1.54, 1.807) is 19.1 Å². The lowest BCUT2D eigenvalue weighted by Gasteiger charge is -2.37. The van der Waals surface area contributed by atoms with Crippen molar-refractivity contribution < 1.29 is 13.2 Å². The minimum Gasteiger partial charge on any atom is -0.368 e. The molecular formula is C21H27N3O3S. The van der Waals surface area contributed by atoms with Crippen molar-refractivity contribution in [3.8, 4) is 0 Å².